The van der Waals surface area contributed by atoms with Gasteiger partial charge in [-0.25, -0.2) is 0 Å². The predicted molar refractivity (Wildman–Crippen MR) is 87.6 cm³/mol. The quantitative estimate of drug-likeness (QED) is 0.299. The molecule has 9 nitrogen and oxygen atoms in total. The van der Waals surface area contributed by atoms with Crippen LogP contribution in [0.2, 0.25) is 0 Å². The van der Waals surface area contributed by atoms with Crippen molar-refractivity contribution in [2.24, 2.45) is 0 Å². The van der Waals surface area contributed by atoms with Crippen LogP contribution >= 0.6 is 0 Å². The molecule has 25 heavy (non-hydrogen) atoms. The molecule has 0 aromatic heterocycles. The number of rotatable bonds is 3. The molecule has 1 aliphatic heterocycles. The molecule has 11 heteroatoms. The predicted octanol–water partition coefficient (Wildman–Crippen LogP) is -1.39. The third-order valence-electron chi connectivity index (χ3n) is 3.17. The molecule has 1 aromatic carbocycles. The molecule has 6 N–H and O–H groups in total. The van der Waals surface area contributed by atoms with Crippen LogP contribution < -0.4 is 16.0 Å². The normalized spacial score (nSPS) is 16.6. The van der Waals surface area contributed by atoms with Crippen molar-refractivity contribution in [1.29, 1.82) is 0 Å². The molecule has 0 radical (unpaired) electrons. The molecule has 0 saturated carbocycles. The minimum atomic E-state index is -4.20. The summed E-state index contributed by atoms with van der Waals surface area (Å²) in [6.07, 6.45) is -1.04. The number of nitrogens with one attached hydrogen (secondary N) is 3. The van der Waals surface area contributed by atoms with E-state index < -0.39 is 22.8 Å². The van der Waals surface area contributed by atoms with Crippen molar-refractivity contribution < 1.29 is 45.5 Å². The number of hydrogen-bond donors (Lipinski definition) is 6. The van der Waals surface area contributed by atoms with Crippen molar-refractivity contribution in [2.75, 3.05) is 45.9 Å². The van der Waals surface area contributed by atoms with E-state index in [0.717, 1.165) is 70.3 Å². The van der Waals surface area contributed by atoms with Crippen molar-refractivity contribution in [3.63, 3.8) is 0 Å². The van der Waals surface area contributed by atoms with Gasteiger partial charge in [0.25, 0.3) is 10.1 Å². The van der Waals surface area contributed by atoms with Crippen molar-refractivity contribution in [3.05, 3.63) is 29.8 Å². The van der Waals surface area contributed by atoms with Crippen LogP contribution in [0, 0.1) is 0 Å². The van der Waals surface area contributed by atoms with Gasteiger partial charge in [0.2, 0.25) is 0 Å². The molecule has 1 aliphatic rings. The fourth-order valence-electron chi connectivity index (χ4n) is 1.87. The topological polar surface area (TPSA) is 148 Å². The molecule has 1 aromatic rings. The monoisotopic (exact) mass is 460 g/mol. The summed E-state index contributed by atoms with van der Waals surface area (Å²) in [6.45, 7) is 6.15. The Kier molecular flexibility index (Phi) is 14.2. The van der Waals surface area contributed by atoms with E-state index >= 15 is 0 Å². The third-order valence-corrected chi connectivity index (χ3v) is 4.04. The second-order valence-electron chi connectivity index (χ2n) is 4.99. The molecule has 0 aliphatic carbocycles. The van der Waals surface area contributed by atoms with Gasteiger partial charge in [0.15, 0.2) is 0 Å². The van der Waals surface area contributed by atoms with Crippen molar-refractivity contribution in [1.82, 2.24) is 16.0 Å². The van der Waals surface area contributed by atoms with Gasteiger partial charge in [0.05, 0.1) is 11.5 Å². The van der Waals surface area contributed by atoms with Crippen LogP contribution in [-0.4, -0.2) is 69.1 Å². The third kappa shape index (κ3) is 11.6. The van der Waals surface area contributed by atoms with E-state index in [1.165, 1.54) is 12.1 Å². The van der Waals surface area contributed by atoms with Crippen LogP contribution in [0.3, 0.4) is 0 Å². The summed E-state index contributed by atoms with van der Waals surface area (Å²) in [4.78, 5) is -0.244. The Balaban J connectivity index is 0.000000451. The Morgan fingerprint density at radius 1 is 0.920 bits per heavy atom. The molecular weight excluding hydrogens is 436 g/mol. The van der Waals surface area contributed by atoms with Crippen LogP contribution in [0.5, 0.6) is 0 Å². The van der Waals surface area contributed by atoms with E-state index in [9.17, 15) is 8.42 Å². The Morgan fingerprint density at radius 3 is 1.56 bits per heavy atom. The molecule has 1 unspecified atom stereocenters. The SMILES string of the molecule is C1CNCCNCCN1.O=S(=O)(O)c1ccc(C(O)CO)cc1.[O]=[Tc+3]. The Bertz CT molecular complexity index is 530. The van der Waals surface area contributed by atoms with Crippen molar-refractivity contribution >= 4 is 10.1 Å². The zero-order valence-corrected chi connectivity index (χ0v) is 16.4. The molecule has 1 heterocycles. The molecule has 0 amide bonds. The number of benzene rings is 1. The summed E-state index contributed by atoms with van der Waals surface area (Å²) in [7, 11) is -4.20. The van der Waals surface area contributed by atoms with Crippen LogP contribution in [-0.2, 0) is 32.5 Å². The van der Waals surface area contributed by atoms with E-state index in [0.29, 0.717) is 5.56 Å². The summed E-state index contributed by atoms with van der Waals surface area (Å²) in [6, 6.07) is 4.96. The van der Waals surface area contributed by atoms with Gasteiger partial charge in [-0.05, 0) is 17.7 Å². The van der Waals surface area contributed by atoms with Gasteiger partial charge < -0.3 is 26.2 Å². The Labute approximate surface area is 158 Å². The molecular formula is C14H25N3O6STc+3. The Morgan fingerprint density at radius 2 is 1.28 bits per heavy atom. The van der Waals surface area contributed by atoms with E-state index in [1.54, 1.807) is 0 Å². The van der Waals surface area contributed by atoms with Crippen molar-refractivity contribution in [2.45, 2.75) is 11.0 Å². The first kappa shape index (κ1) is 24.4. The zero-order chi connectivity index (χ0) is 19.1. The van der Waals surface area contributed by atoms with Crippen molar-refractivity contribution in [3.8, 4) is 0 Å². The molecule has 1 fully saturated rings. The number of hydrogen-bond acceptors (Lipinski definition) is 8. The van der Waals surface area contributed by atoms with Gasteiger partial charge in [-0.15, -0.1) is 0 Å². The van der Waals surface area contributed by atoms with Gasteiger partial charge in [-0.3, -0.25) is 4.55 Å². The number of aliphatic hydroxyl groups excluding tert-OH is 2. The minimum absolute atomic E-state index is 0.244. The van der Waals surface area contributed by atoms with Crippen LogP contribution in [0.1, 0.15) is 11.7 Å². The van der Waals surface area contributed by atoms with Gasteiger partial charge in [-0.2, -0.15) is 8.42 Å². The first-order chi connectivity index (χ1) is 11.9. The molecule has 142 valence electrons. The summed E-state index contributed by atoms with van der Waals surface area (Å²) < 4.78 is 38.1. The van der Waals surface area contributed by atoms with Gasteiger partial charge in [-0.1, -0.05) is 12.1 Å². The standard InChI is InChI=1S/C8H10O5S.C6H15N3.O.Tc/c9-5-8(10)6-1-3-7(4-2-6)14(11,12)13;1-2-8-5-6-9-4-3-7-1;;/h1-4,8-10H,5H2,(H,11,12,13);7-9H,1-6H2;;/q;;;+3. The molecule has 0 spiro atoms. The summed E-state index contributed by atoms with van der Waals surface area (Å²) >= 11 is 0.900. The summed E-state index contributed by atoms with van der Waals surface area (Å²) in [5.41, 5.74) is 0.389. The molecule has 0 bridgehead atoms. The second kappa shape index (κ2) is 14.5. The van der Waals surface area contributed by atoms with Crippen LogP contribution in [0.4, 0.5) is 0 Å². The first-order valence-electron chi connectivity index (χ1n) is 7.59. The zero-order valence-electron chi connectivity index (χ0n) is 13.7. The van der Waals surface area contributed by atoms with E-state index in [1.807, 2.05) is 0 Å². The summed E-state index contributed by atoms with van der Waals surface area (Å²) in [5.74, 6) is 0. The summed E-state index contributed by atoms with van der Waals surface area (Å²) in [5, 5.41) is 27.7. The number of aliphatic hydroxyl groups is 2. The van der Waals surface area contributed by atoms with Crippen LogP contribution in [0.15, 0.2) is 29.2 Å². The average Bonchev–Trinajstić information content (AvgIpc) is 2.78. The van der Waals surface area contributed by atoms with E-state index in [2.05, 4.69) is 16.0 Å². The van der Waals surface area contributed by atoms with Crippen LogP contribution in [0.25, 0.3) is 0 Å². The van der Waals surface area contributed by atoms with Gasteiger partial charge >= 0.3 is 22.4 Å². The van der Waals surface area contributed by atoms with Gasteiger partial charge in [0.1, 0.15) is 6.10 Å². The maximum absolute atomic E-state index is 10.6. The Hall–Kier alpha value is -0.621. The van der Waals surface area contributed by atoms with Gasteiger partial charge in [0, 0.05) is 39.3 Å². The second-order valence-corrected chi connectivity index (χ2v) is 6.41. The first-order valence-corrected chi connectivity index (χ1v) is 9.79. The fraction of sp³-hybridized carbons (Fsp3) is 0.571. The van der Waals surface area contributed by atoms with E-state index in [4.69, 9.17) is 18.3 Å². The molecule has 1 saturated heterocycles. The van der Waals surface area contributed by atoms with E-state index in [-0.39, 0.29) is 4.90 Å². The maximum atomic E-state index is 10.6. The molecule has 1 atom stereocenters. The molecule has 2 rings (SSSR count). The average molecular weight is 461 g/mol. The fourth-order valence-corrected chi connectivity index (χ4v) is 2.35.